The molecule has 3 atom stereocenters. The number of aliphatic hydroxyl groups excluding tert-OH is 2. The Kier molecular flexibility index (Phi) is 2.50. The monoisotopic (exact) mass is 236 g/mol. The molecule has 1 fully saturated rings. The number of H-pyrrole nitrogens is 1. The second-order valence-corrected chi connectivity index (χ2v) is 4.02. The Morgan fingerprint density at radius 1 is 1.47 bits per heavy atom. The lowest BCUT2D eigenvalue weighted by Gasteiger charge is -2.10. The molecule has 90 valence electrons. The zero-order valence-corrected chi connectivity index (χ0v) is 8.95. The first-order valence-electron chi connectivity index (χ1n) is 5.38. The number of aromatic amines is 1. The van der Waals surface area contributed by atoms with Gasteiger partial charge in [0.1, 0.15) is 17.7 Å². The van der Waals surface area contributed by atoms with Gasteiger partial charge >= 0.3 is 0 Å². The van der Waals surface area contributed by atoms with E-state index in [-0.39, 0.29) is 12.7 Å². The van der Waals surface area contributed by atoms with Crippen molar-refractivity contribution in [3.63, 3.8) is 0 Å². The van der Waals surface area contributed by atoms with Gasteiger partial charge in [0.25, 0.3) is 0 Å². The smallest absolute Gasteiger partial charge is 0.180 e. The van der Waals surface area contributed by atoms with Crippen molar-refractivity contribution in [1.29, 1.82) is 0 Å². The van der Waals surface area contributed by atoms with Crippen molar-refractivity contribution >= 4 is 11.2 Å². The maximum Gasteiger partial charge on any atom is 0.180 e. The van der Waals surface area contributed by atoms with Gasteiger partial charge in [-0.05, 0) is 0 Å². The summed E-state index contributed by atoms with van der Waals surface area (Å²) in [5, 5.41) is 18.6. The highest BCUT2D eigenvalue weighted by molar-refractivity contribution is 5.68. The lowest BCUT2D eigenvalue weighted by molar-refractivity contribution is -0.0246. The molecule has 7 nitrogen and oxygen atoms in total. The molecular formula is C10H12N4O3. The SMILES string of the molecule is OC[C@H]1OC(c2ncc3[nH]cnc3n2)C[C@@H]1O. The Hall–Kier alpha value is -1.57. The second kappa shape index (κ2) is 4.02. The molecule has 1 aliphatic rings. The summed E-state index contributed by atoms with van der Waals surface area (Å²) in [5.74, 6) is 0.486. The number of imidazole rings is 1. The number of hydrogen-bond donors (Lipinski definition) is 3. The van der Waals surface area contributed by atoms with E-state index in [1.807, 2.05) is 0 Å². The van der Waals surface area contributed by atoms with Crippen molar-refractivity contribution < 1.29 is 14.9 Å². The Morgan fingerprint density at radius 2 is 2.35 bits per heavy atom. The average molecular weight is 236 g/mol. The molecule has 3 rings (SSSR count). The zero-order valence-electron chi connectivity index (χ0n) is 8.95. The molecule has 0 amide bonds. The van der Waals surface area contributed by atoms with Gasteiger partial charge in [0.05, 0.1) is 25.2 Å². The van der Waals surface area contributed by atoms with E-state index in [1.165, 1.54) is 0 Å². The summed E-state index contributed by atoms with van der Waals surface area (Å²) in [6, 6.07) is 0. The lowest BCUT2D eigenvalue weighted by atomic mass is 10.1. The van der Waals surface area contributed by atoms with E-state index >= 15 is 0 Å². The molecule has 7 heteroatoms. The molecule has 2 aromatic rings. The number of fused-ring (bicyclic) bond motifs is 1. The molecule has 0 aliphatic carbocycles. The molecule has 0 bridgehead atoms. The van der Waals surface area contributed by atoms with Gasteiger partial charge < -0.3 is 19.9 Å². The van der Waals surface area contributed by atoms with Gasteiger partial charge in [0, 0.05) is 6.42 Å². The third-order valence-electron chi connectivity index (χ3n) is 2.89. The van der Waals surface area contributed by atoms with Gasteiger partial charge in [-0.15, -0.1) is 0 Å². The van der Waals surface area contributed by atoms with E-state index in [9.17, 15) is 5.11 Å². The van der Waals surface area contributed by atoms with Crippen LogP contribution in [0.15, 0.2) is 12.5 Å². The number of nitrogens with zero attached hydrogens (tertiary/aromatic N) is 3. The van der Waals surface area contributed by atoms with E-state index in [4.69, 9.17) is 9.84 Å². The maximum atomic E-state index is 9.63. The van der Waals surface area contributed by atoms with Crippen LogP contribution in [-0.2, 0) is 4.74 Å². The summed E-state index contributed by atoms with van der Waals surface area (Å²) in [7, 11) is 0. The highest BCUT2D eigenvalue weighted by Gasteiger charge is 2.35. The first-order chi connectivity index (χ1) is 8.28. The van der Waals surface area contributed by atoms with Crippen LogP contribution in [0.1, 0.15) is 18.3 Å². The van der Waals surface area contributed by atoms with Gasteiger partial charge in [-0.3, -0.25) is 0 Å². The Balaban J connectivity index is 1.89. The summed E-state index contributed by atoms with van der Waals surface area (Å²) >= 11 is 0. The van der Waals surface area contributed by atoms with E-state index in [0.29, 0.717) is 17.9 Å². The predicted molar refractivity (Wildman–Crippen MR) is 57.0 cm³/mol. The molecule has 1 unspecified atom stereocenters. The predicted octanol–water partition coefficient (Wildman–Crippen LogP) is -0.464. The summed E-state index contributed by atoms with van der Waals surface area (Å²) in [4.78, 5) is 15.3. The molecule has 0 saturated carbocycles. The highest BCUT2D eigenvalue weighted by atomic mass is 16.5. The van der Waals surface area contributed by atoms with Crippen LogP contribution in [0.4, 0.5) is 0 Å². The Labute approximate surface area is 96.5 Å². The van der Waals surface area contributed by atoms with Crippen LogP contribution in [0.2, 0.25) is 0 Å². The van der Waals surface area contributed by atoms with Crippen LogP contribution in [0.5, 0.6) is 0 Å². The summed E-state index contributed by atoms with van der Waals surface area (Å²) in [6.07, 6.45) is 1.95. The first kappa shape index (κ1) is 10.6. The molecule has 3 N–H and O–H groups in total. The van der Waals surface area contributed by atoms with E-state index < -0.39 is 12.2 Å². The topological polar surface area (TPSA) is 104 Å². The number of hydrogen-bond acceptors (Lipinski definition) is 6. The van der Waals surface area contributed by atoms with Gasteiger partial charge in [-0.2, -0.15) is 0 Å². The minimum atomic E-state index is -0.677. The molecule has 0 spiro atoms. The van der Waals surface area contributed by atoms with Crippen LogP contribution in [-0.4, -0.2) is 49.0 Å². The maximum absolute atomic E-state index is 9.63. The largest absolute Gasteiger partial charge is 0.394 e. The summed E-state index contributed by atoms with van der Waals surface area (Å²) in [6.45, 7) is -0.206. The first-order valence-corrected chi connectivity index (χ1v) is 5.38. The average Bonchev–Trinajstić information content (AvgIpc) is 2.93. The minimum absolute atomic E-state index is 0.206. The second-order valence-electron chi connectivity index (χ2n) is 4.02. The van der Waals surface area contributed by atoms with Crippen LogP contribution in [0.3, 0.4) is 0 Å². The van der Waals surface area contributed by atoms with Gasteiger partial charge in [0.2, 0.25) is 0 Å². The molecule has 1 aliphatic heterocycles. The third kappa shape index (κ3) is 1.78. The normalized spacial score (nSPS) is 28.9. The molecule has 17 heavy (non-hydrogen) atoms. The molecule has 3 heterocycles. The number of aliphatic hydroxyl groups is 2. The quantitative estimate of drug-likeness (QED) is 0.651. The number of ether oxygens (including phenoxy) is 1. The molecule has 1 saturated heterocycles. The fraction of sp³-hybridized carbons (Fsp3) is 0.500. The van der Waals surface area contributed by atoms with Crippen molar-refractivity contribution in [3.05, 3.63) is 18.3 Å². The van der Waals surface area contributed by atoms with E-state index in [2.05, 4.69) is 19.9 Å². The number of nitrogens with one attached hydrogen (secondary N) is 1. The minimum Gasteiger partial charge on any atom is -0.394 e. The fourth-order valence-electron chi connectivity index (χ4n) is 1.96. The highest BCUT2D eigenvalue weighted by Crippen LogP contribution is 2.31. The summed E-state index contributed by atoms with van der Waals surface area (Å²) < 4.78 is 5.47. The van der Waals surface area contributed by atoms with E-state index in [0.717, 1.165) is 5.52 Å². The fourth-order valence-corrected chi connectivity index (χ4v) is 1.96. The molecule has 2 aromatic heterocycles. The standard InChI is InChI=1S/C10H12N4O3/c15-3-8-6(16)1-7(17-8)10-11-2-5-9(14-10)13-4-12-5/h2,4,6-8,15-16H,1,3H2,(H,11,12,13,14)/t6-,7?,8+/m0/s1. The van der Waals surface area contributed by atoms with Crippen molar-refractivity contribution in [1.82, 2.24) is 19.9 Å². The van der Waals surface area contributed by atoms with Crippen LogP contribution in [0.25, 0.3) is 11.2 Å². The van der Waals surface area contributed by atoms with Crippen LogP contribution >= 0.6 is 0 Å². The Morgan fingerprint density at radius 3 is 3.12 bits per heavy atom. The Bertz CT molecular complexity index is 529. The van der Waals surface area contributed by atoms with Gasteiger partial charge in [-0.1, -0.05) is 0 Å². The zero-order chi connectivity index (χ0) is 11.8. The molecule has 0 radical (unpaired) electrons. The van der Waals surface area contributed by atoms with Gasteiger partial charge in [-0.25, -0.2) is 15.0 Å². The van der Waals surface area contributed by atoms with Gasteiger partial charge in [0.15, 0.2) is 11.5 Å². The van der Waals surface area contributed by atoms with Crippen molar-refractivity contribution in [2.45, 2.75) is 24.7 Å². The van der Waals surface area contributed by atoms with Crippen LogP contribution in [0, 0.1) is 0 Å². The van der Waals surface area contributed by atoms with Crippen molar-refractivity contribution in [2.75, 3.05) is 6.61 Å². The van der Waals surface area contributed by atoms with Crippen molar-refractivity contribution in [2.24, 2.45) is 0 Å². The van der Waals surface area contributed by atoms with Crippen molar-refractivity contribution in [3.8, 4) is 0 Å². The third-order valence-corrected chi connectivity index (χ3v) is 2.89. The molecule has 0 aromatic carbocycles. The number of rotatable bonds is 2. The van der Waals surface area contributed by atoms with Crippen LogP contribution < -0.4 is 0 Å². The number of aromatic nitrogens is 4. The molecular weight excluding hydrogens is 224 g/mol. The van der Waals surface area contributed by atoms with E-state index in [1.54, 1.807) is 12.5 Å². The lowest BCUT2D eigenvalue weighted by Crippen LogP contribution is -2.24. The summed E-state index contributed by atoms with van der Waals surface area (Å²) in [5.41, 5.74) is 1.33.